The van der Waals surface area contributed by atoms with E-state index in [0.29, 0.717) is 11.7 Å². The summed E-state index contributed by atoms with van der Waals surface area (Å²) in [4.78, 5) is 12.4. The fraction of sp³-hybridized carbons (Fsp3) is 0.318. The molecule has 30 heavy (non-hydrogen) atoms. The Morgan fingerprint density at radius 3 is 2.47 bits per heavy atom. The molecule has 6 nitrogen and oxygen atoms in total. The van der Waals surface area contributed by atoms with Crippen LogP contribution in [-0.2, 0) is 11.3 Å². The molecule has 0 bridgehead atoms. The highest BCUT2D eigenvalue weighted by atomic mass is 79.9. The number of hydrogen-bond acceptors (Lipinski definition) is 5. The van der Waals surface area contributed by atoms with E-state index in [1.54, 1.807) is 0 Å². The molecule has 3 aromatic rings. The SMILES string of the molecule is CCn1c(SCC(=O)Nc2cc(C)cc(C)c2)nnc1C(C)Oc1ccc(Br)cc1. The average Bonchev–Trinajstić information content (AvgIpc) is 3.10. The van der Waals surface area contributed by atoms with Crippen LogP contribution in [0.5, 0.6) is 5.75 Å². The van der Waals surface area contributed by atoms with Crippen LogP contribution in [0.25, 0.3) is 0 Å². The number of hydrogen-bond donors (Lipinski definition) is 1. The predicted octanol–water partition coefficient (Wildman–Crippen LogP) is 5.55. The molecule has 158 valence electrons. The minimum atomic E-state index is -0.267. The van der Waals surface area contributed by atoms with E-state index in [-0.39, 0.29) is 17.8 Å². The number of nitrogens with zero attached hydrogens (tertiary/aromatic N) is 3. The maximum atomic E-state index is 12.4. The van der Waals surface area contributed by atoms with Gasteiger partial charge in [0.25, 0.3) is 0 Å². The Balaban J connectivity index is 1.63. The zero-order valence-corrected chi connectivity index (χ0v) is 19.9. The van der Waals surface area contributed by atoms with Crippen LogP contribution in [0.15, 0.2) is 52.1 Å². The van der Waals surface area contributed by atoms with E-state index >= 15 is 0 Å². The zero-order valence-electron chi connectivity index (χ0n) is 17.5. The third kappa shape index (κ3) is 5.86. The second kappa shape index (κ2) is 10.1. The Hall–Kier alpha value is -2.32. The Morgan fingerprint density at radius 1 is 1.17 bits per heavy atom. The van der Waals surface area contributed by atoms with Crippen molar-refractivity contribution >= 4 is 39.3 Å². The second-order valence-corrected chi connectivity index (χ2v) is 8.87. The van der Waals surface area contributed by atoms with E-state index in [2.05, 4.69) is 37.5 Å². The first-order valence-electron chi connectivity index (χ1n) is 9.72. The fourth-order valence-corrected chi connectivity index (χ4v) is 4.22. The Bertz CT molecular complexity index is 1000. The number of carbonyl (C=O) groups excluding carboxylic acids is 1. The molecule has 0 aliphatic rings. The van der Waals surface area contributed by atoms with Gasteiger partial charge in [-0.2, -0.15) is 0 Å². The molecule has 1 heterocycles. The maximum Gasteiger partial charge on any atom is 0.234 e. The normalized spacial score (nSPS) is 11.9. The van der Waals surface area contributed by atoms with Crippen LogP contribution in [0.1, 0.15) is 36.9 Å². The molecule has 3 rings (SSSR count). The van der Waals surface area contributed by atoms with Crippen molar-refractivity contribution in [3.63, 3.8) is 0 Å². The van der Waals surface area contributed by atoms with Gasteiger partial charge < -0.3 is 14.6 Å². The summed E-state index contributed by atoms with van der Waals surface area (Å²) in [6, 6.07) is 13.7. The number of ether oxygens (including phenoxy) is 1. The van der Waals surface area contributed by atoms with Crippen LogP contribution < -0.4 is 10.1 Å². The molecule has 1 amide bonds. The summed E-state index contributed by atoms with van der Waals surface area (Å²) >= 11 is 4.79. The lowest BCUT2D eigenvalue weighted by atomic mass is 10.1. The summed E-state index contributed by atoms with van der Waals surface area (Å²) in [5.74, 6) is 1.68. The Labute approximate surface area is 189 Å². The lowest BCUT2D eigenvalue weighted by molar-refractivity contribution is -0.113. The van der Waals surface area contributed by atoms with Gasteiger partial charge in [-0.1, -0.05) is 33.8 Å². The standard InChI is InChI=1S/C22H25BrN4O2S/c1-5-27-21(16(4)29-19-8-6-17(23)7-9-19)25-26-22(27)30-13-20(28)24-18-11-14(2)10-15(3)12-18/h6-12,16H,5,13H2,1-4H3,(H,24,28). The van der Waals surface area contributed by atoms with Gasteiger partial charge in [-0.05, 0) is 75.2 Å². The molecule has 1 N–H and O–H groups in total. The first-order valence-corrected chi connectivity index (χ1v) is 11.5. The molecule has 8 heteroatoms. The van der Waals surface area contributed by atoms with Gasteiger partial charge in [0.2, 0.25) is 5.91 Å². The summed E-state index contributed by atoms with van der Waals surface area (Å²) in [5, 5.41) is 12.2. The molecular formula is C22H25BrN4O2S. The van der Waals surface area contributed by atoms with Gasteiger partial charge in [-0.3, -0.25) is 4.79 Å². The van der Waals surface area contributed by atoms with Gasteiger partial charge in [0.05, 0.1) is 5.75 Å². The molecule has 0 aliphatic heterocycles. The van der Waals surface area contributed by atoms with Crippen LogP contribution >= 0.6 is 27.7 Å². The number of nitrogens with one attached hydrogen (secondary N) is 1. The van der Waals surface area contributed by atoms with E-state index in [9.17, 15) is 4.79 Å². The highest BCUT2D eigenvalue weighted by Crippen LogP contribution is 2.26. The number of benzene rings is 2. The number of carbonyl (C=O) groups is 1. The molecule has 0 fully saturated rings. The van der Waals surface area contributed by atoms with Crippen LogP contribution in [0, 0.1) is 13.8 Å². The molecule has 1 atom stereocenters. The van der Waals surface area contributed by atoms with Crippen molar-refractivity contribution in [2.45, 2.75) is 45.5 Å². The summed E-state index contributed by atoms with van der Waals surface area (Å²) in [7, 11) is 0. The van der Waals surface area contributed by atoms with Gasteiger partial charge in [0.15, 0.2) is 17.1 Å². The average molecular weight is 489 g/mol. The third-order valence-electron chi connectivity index (χ3n) is 4.39. The van der Waals surface area contributed by atoms with E-state index < -0.39 is 0 Å². The first-order chi connectivity index (χ1) is 14.4. The number of thioether (sulfide) groups is 1. The largest absolute Gasteiger partial charge is 0.483 e. The first kappa shape index (κ1) is 22.4. The quantitative estimate of drug-likeness (QED) is 0.421. The van der Waals surface area contributed by atoms with Crippen molar-refractivity contribution in [3.8, 4) is 5.75 Å². The number of halogens is 1. The summed E-state index contributed by atoms with van der Waals surface area (Å²) < 4.78 is 8.99. The maximum absolute atomic E-state index is 12.4. The highest BCUT2D eigenvalue weighted by molar-refractivity contribution is 9.10. The monoisotopic (exact) mass is 488 g/mol. The fourth-order valence-electron chi connectivity index (χ4n) is 3.15. The zero-order chi connectivity index (χ0) is 21.7. The third-order valence-corrected chi connectivity index (χ3v) is 5.89. The molecule has 0 aliphatic carbocycles. The Kier molecular flexibility index (Phi) is 7.55. The Morgan fingerprint density at radius 2 is 1.83 bits per heavy atom. The molecule has 0 spiro atoms. The highest BCUT2D eigenvalue weighted by Gasteiger charge is 2.19. The number of anilines is 1. The number of aromatic nitrogens is 3. The van der Waals surface area contributed by atoms with Crippen molar-refractivity contribution < 1.29 is 9.53 Å². The van der Waals surface area contributed by atoms with Crippen LogP contribution in [0.4, 0.5) is 5.69 Å². The van der Waals surface area contributed by atoms with Gasteiger partial charge >= 0.3 is 0 Å². The van der Waals surface area contributed by atoms with Gasteiger partial charge in [-0.15, -0.1) is 10.2 Å². The van der Waals surface area contributed by atoms with Crippen molar-refractivity contribution in [2.75, 3.05) is 11.1 Å². The number of rotatable bonds is 8. The number of aryl methyl sites for hydroxylation is 2. The molecule has 1 unspecified atom stereocenters. The van der Waals surface area contributed by atoms with E-state index in [1.165, 1.54) is 11.8 Å². The van der Waals surface area contributed by atoms with Gasteiger partial charge in [0.1, 0.15) is 5.75 Å². The lowest BCUT2D eigenvalue weighted by Crippen LogP contribution is -2.15. The van der Waals surface area contributed by atoms with Crippen molar-refractivity contribution in [3.05, 3.63) is 63.9 Å². The van der Waals surface area contributed by atoms with Crippen LogP contribution in [-0.4, -0.2) is 26.4 Å². The minimum absolute atomic E-state index is 0.0728. The summed E-state index contributed by atoms with van der Waals surface area (Å²) in [6.07, 6.45) is -0.267. The topological polar surface area (TPSA) is 69.0 Å². The molecule has 2 aromatic carbocycles. The molecule has 0 saturated heterocycles. The van der Waals surface area contributed by atoms with E-state index in [0.717, 1.165) is 32.9 Å². The van der Waals surface area contributed by atoms with Gasteiger partial charge in [-0.25, -0.2) is 0 Å². The van der Waals surface area contributed by atoms with Crippen LogP contribution in [0.3, 0.4) is 0 Å². The van der Waals surface area contributed by atoms with E-state index in [1.807, 2.05) is 68.7 Å². The summed E-state index contributed by atoms with van der Waals surface area (Å²) in [6.45, 7) is 8.69. The van der Waals surface area contributed by atoms with Crippen molar-refractivity contribution in [1.29, 1.82) is 0 Å². The van der Waals surface area contributed by atoms with Crippen molar-refractivity contribution in [1.82, 2.24) is 14.8 Å². The minimum Gasteiger partial charge on any atom is -0.483 e. The predicted molar refractivity (Wildman–Crippen MR) is 124 cm³/mol. The molecule has 0 radical (unpaired) electrons. The smallest absolute Gasteiger partial charge is 0.234 e. The van der Waals surface area contributed by atoms with Crippen molar-refractivity contribution in [2.24, 2.45) is 0 Å². The van der Waals surface area contributed by atoms with Gasteiger partial charge in [0, 0.05) is 16.7 Å². The molecular weight excluding hydrogens is 464 g/mol. The molecule has 1 aromatic heterocycles. The second-order valence-electron chi connectivity index (χ2n) is 7.01. The number of amides is 1. The van der Waals surface area contributed by atoms with E-state index in [4.69, 9.17) is 4.74 Å². The summed E-state index contributed by atoms with van der Waals surface area (Å²) in [5.41, 5.74) is 3.05. The van der Waals surface area contributed by atoms with Crippen LogP contribution in [0.2, 0.25) is 0 Å². The lowest BCUT2D eigenvalue weighted by Gasteiger charge is -2.15. The molecule has 0 saturated carbocycles.